The molecule has 0 spiro atoms. The van der Waals surface area contributed by atoms with Gasteiger partial charge in [-0.2, -0.15) is 10.4 Å². The van der Waals surface area contributed by atoms with Gasteiger partial charge in [-0.25, -0.2) is 4.52 Å². The first-order valence-corrected chi connectivity index (χ1v) is 10.1. The van der Waals surface area contributed by atoms with Crippen molar-refractivity contribution in [1.29, 1.82) is 5.26 Å². The maximum atomic E-state index is 12.7. The van der Waals surface area contributed by atoms with Crippen molar-refractivity contribution in [1.82, 2.24) is 19.9 Å². The summed E-state index contributed by atoms with van der Waals surface area (Å²) in [7, 11) is 0. The molecule has 3 aromatic rings. The molecule has 1 fully saturated rings. The van der Waals surface area contributed by atoms with Gasteiger partial charge in [0.1, 0.15) is 6.07 Å². The number of fused-ring (bicyclic) bond motifs is 1. The van der Waals surface area contributed by atoms with E-state index >= 15 is 0 Å². The Labute approximate surface area is 174 Å². The monoisotopic (exact) mass is 404 g/mol. The van der Waals surface area contributed by atoms with Crippen LogP contribution in [0.4, 0.5) is 5.69 Å². The summed E-state index contributed by atoms with van der Waals surface area (Å²) in [6, 6.07) is 9.70. The van der Waals surface area contributed by atoms with Crippen molar-refractivity contribution in [3.63, 3.8) is 0 Å². The summed E-state index contributed by atoms with van der Waals surface area (Å²) in [6.45, 7) is 6.22. The molecule has 0 radical (unpaired) electrons. The molecular weight excluding hydrogens is 380 g/mol. The molecule has 4 rings (SSSR count). The normalized spacial score (nSPS) is 13.8. The average Bonchev–Trinajstić information content (AvgIpc) is 3.12. The van der Waals surface area contributed by atoms with Gasteiger partial charge in [0.05, 0.1) is 53.1 Å². The predicted molar refractivity (Wildman–Crippen MR) is 113 cm³/mol. The summed E-state index contributed by atoms with van der Waals surface area (Å²) >= 11 is 0. The molecule has 0 aliphatic carbocycles. The Morgan fingerprint density at radius 3 is 2.87 bits per heavy atom. The van der Waals surface area contributed by atoms with E-state index in [1.165, 1.54) is 6.20 Å². The summed E-state index contributed by atoms with van der Waals surface area (Å²) in [5, 5.41) is 19.8. The number of pyridine rings is 1. The highest BCUT2D eigenvalue weighted by Gasteiger charge is 2.20. The van der Waals surface area contributed by atoms with Crippen molar-refractivity contribution >= 4 is 17.1 Å². The number of hydrogen-bond donors (Lipinski definition) is 2. The van der Waals surface area contributed by atoms with Crippen LogP contribution in [0.15, 0.2) is 36.7 Å². The highest BCUT2D eigenvalue weighted by Crippen LogP contribution is 2.26. The van der Waals surface area contributed by atoms with Crippen molar-refractivity contribution in [2.24, 2.45) is 5.92 Å². The SMILES string of the molecule is CC(C)Nc1cc(-c2ccc3cc(C#N)cnn23)ncc1C(=O)NCCC1COC1. The lowest BCUT2D eigenvalue weighted by Gasteiger charge is -2.25. The summed E-state index contributed by atoms with van der Waals surface area (Å²) in [5.41, 5.74) is 4.03. The van der Waals surface area contributed by atoms with Crippen LogP contribution in [-0.4, -0.2) is 46.3 Å². The third-order valence-electron chi connectivity index (χ3n) is 5.03. The molecule has 1 aliphatic heterocycles. The Balaban J connectivity index is 1.60. The lowest BCUT2D eigenvalue weighted by Crippen LogP contribution is -2.33. The maximum Gasteiger partial charge on any atom is 0.254 e. The van der Waals surface area contributed by atoms with Gasteiger partial charge in [-0.3, -0.25) is 9.78 Å². The molecule has 1 aliphatic rings. The molecule has 0 bridgehead atoms. The molecule has 4 heterocycles. The van der Waals surface area contributed by atoms with E-state index in [0.717, 1.165) is 36.5 Å². The molecule has 1 saturated heterocycles. The van der Waals surface area contributed by atoms with E-state index < -0.39 is 0 Å². The van der Waals surface area contributed by atoms with Crippen LogP contribution in [0.3, 0.4) is 0 Å². The molecule has 1 amide bonds. The van der Waals surface area contributed by atoms with Crippen molar-refractivity contribution in [3.05, 3.63) is 47.8 Å². The Morgan fingerprint density at radius 1 is 1.33 bits per heavy atom. The fraction of sp³-hybridized carbons (Fsp3) is 0.364. The zero-order valence-electron chi connectivity index (χ0n) is 17.1. The van der Waals surface area contributed by atoms with Crippen LogP contribution in [0, 0.1) is 17.2 Å². The first-order valence-electron chi connectivity index (χ1n) is 10.1. The van der Waals surface area contributed by atoms with E-state index in [1.807, 2.05) is 32.0 Å². The number of anilines is 1. The Morgan fingerprint density at radius 2 is 2.17 bits per heavy atom. The van der Waals surface area contributed by atoms with Crippen molar-refractivity contribution in [3.8, 4) is 17.5 Å². The predicted octanol–water partition coefficient (Wildman–Crippen LogP) is 2.85. The van der Waals surface area contributed by atoms with Crippen LogP contribution in [0.25, 0.3) is 16.9 Å². The van der Waals surface area contributed by atoms with E-state index in [1.54, 1.807) is 16.8 Å². The molecule has 2 N–H and O–H groups in total. The molecule has 30 heavy (non-hydrogen) atoms. The Hall–Kier alpha value is -3.44. The third-order valence-corrected chi connectivity index (χ3v) is 5.03. The van der Waals surface area contributed by atoms with Gasteiger partial charge in [-0.05, 0) is 44.5 Å². The zero-order chi connectivity index (χ0) is 21.1. The van der Waals surface area contributed by atoms with E-state index in [-0.39, 0.29) is 11.9 Å². The smallest absolute Gasteiger partial charge is 0.254 e. The summed E-state index contributed by atoms with van der Waals surface area (Å²) in [4.78, 5) is 17.3. The quantitative estimate of drug-likeness (QED) is 0.627. The summed E-state index contributed by atoms with van der Waals surface area (Å²) in [5.74, 6) is 0.394. The highest BCUT2D eigenvalue weighted by molar-refractivity contribution is 6.00. The molecule has 0 aromatic carbocycles. The minimum atomic E-state index is -0.144. The highest BCUT2D eigenvalue weighted by atomic mass is 16.5. The second-order valence-electron chi connectivity index (χ2n) is 7.77. The second-order valence-corrected chi connectivity index (χ2v) is 7.77. The van der Waals surface area contributed by atoms with Crippen LogP contribution >= 0.6 is 0 Å². The number of hydrogen-bond acceptors (Lipinski definition) is 6. The number of ether oxygens (including phenoxy) is 1. The maximum absolute atomic E-state index is 12.7. The molecule has 0 saturated carbocycles. The summed E-state index contributed by atoms with van der Waals surface area (Å²) in [6.07, 6.45) is 4.04. The van der Waals surface area contributed by atoms with Crippen LogP contribution in [0.1, 0.15) is 36.2 Å². The second kappa shape index (κ2) is 8.51. The minimum Gasteiger partial charge on any atom is -0.382 e. The number of nitrogens with zero attached hydrogens (tertiary/aromatic N) is 4. The van der Waals surface area contributed by atoms with Gasteiger partial charge in [0.25, 0.3) is 5.91 Å². The molecule has 0 unspecified atom stereocenters. The van der Waals surface area contributed by atoms with E-state index in [2.05, 4.69) is 26.8 Å². The molecule has 8 nitrogen and oxygen atoms in total. The van der Waals surface area contributed by atoms with Gasteiger partial charge in [0.15, 0.2) is 0 Å². The van der Waals surface area contributed by atoms with Crippen LogP contribution in [0.5, 0.6) is 0 Å². The molecular formula is C22H24N6O2. The third kappa shape index (κ3) is 4.11. The van der Waals surface area contributed by atoms with Gasteiger partial charge in [-0.1, -0.05) is 0 Å². The number of nitrogens with one attached hydrogen (secondary N) is 2. The van der Waals surface area contributed by atoms with E-state index in [0.29, 0.717) is 29.3 Å². The average molecular weight is 404 g/mol. The molecule has 3 aromatic heterocycles. The van der Waals surface area contributed by atoms with Crippen LogP contribution < -0.4 is 10.6 Å². The van der Waals surface area contributed by atoms with Crippen molar-refractivity contribution < 1.29 is 9.53 Å². The first kappa shape index (κ1) is 19.9. The molecule has 8 heteroatoms. The van der Waals surface area contributed by atoms with Crippen molar-refractivity contribution in [2.45, 2.75) is 26.3 Å². The molecule has 154 valence electrons. The van der Waals surface area contributed by atoms with Gasteiger partial charge in [0.2, 0.25) is 0 Å². The number of aromatic nitrogens is 3. The van der Waals surface area contributed by atoms with E-state index in [9.17, 15) is 4.79 Å². The summed E-state index contributed by atoms with van der Waals surface area (Å²) < 4.78 is 6.92. The van der Waals surface area contributed by atoms with E-state index in [4.69, 9.17) is 10.00 Å². The lowest BCUT2D eigenvalue weighted by molar-refractivity contribution is -0.0349. The molecule has 0 atom stereocenters. The Bertz CT molecular complexity index is 1110. The van der Waals surface area contributed by atoms with Gasteiger partial charge < -0.3 is 15.4 Å². The van der Waals surface area contributed by atoms with Gasteiger partial charge >= 0.3 is 0 Å². The zero-order valence-corrected chi connectivity index (χ0v) is 17.1. The fourth-order valence-corrected chi connectivity index (χ4v) is 3.40. The van der Waals surface area contributed by atoms with Gasteiger partial charge in [0, 0.05) is 24.7 Å². The standard InChI is InChI=1S/C22H24N6O2/c1-14(2)27-19-8-20(21-4-3-17-7-16(9-23)10-26-28(17)21)25-11-18(19)22(29)24-6-5-15-12-30-13-15/h3-4,7-8,10-11,14-15H,5-6,12-13H2,1-2H3,(H,24,29)(H,25,27). The number of amides is 1. The fourth-order valence-electron chi connectivity index (χ4n) is 3.40. The van der Waals surface area contributed by atoms with Crippen LogP contribution in [-0.2, 0) is 4.74 Å². The number of carbonyl (C=O) groups excluding carboxylic acids is 1. The number of nitriles is 1. The number of carbonyl (C=O) groups is 1. The van der Waals surface area contributed by atoms with Crippen molar-refractivity contribution in [2.75, 3.05) is 25.1 Å². The largest absolute Gasteiger partial charge is 0.382 e. The lowest BCUT2D eigenvalue weighted by atomic mass is 10.0. The first-order chi connectivity index (χ1) is 14.5. The Kier molecular flexibility index (Phi) is 5.63. The van der Waals surface area contributed by atoms with Gasteiger partial charge in [-0.15, -0.1) is 0 Å². The topological polar surface area (TPSA) is 104 Å². The minimum absolute atomic E-state index is 0.144. The number of rotatable bonds is 7. The van der Waals surface area contributed by atoms with Crippen LogP contribution in [0.2, 0.25) is 0 Å².